The van der Waals surface area contributed by atoms with Crippen LogP contribution in [0.2, 0.25) is 0 Å². The van der Waals surface area contributed by atoms with Crippen molar-refractivity contribution in [2.45, 2.75) is 25.6 Å². The topological polar surface area (TPSA) is 29.9 Å². The fourth-order valence-electron chi connectivity index (χ4n) is 2.38. The monoisotopic (exact) mass is 297 g/mol. The van der Waals surface area contributed by atoms with Gasteiger partial charge in [0, 0.05) is 7.05 Å². The van der Waals surface area contributed by atoms with Crippen molar-refractivity contribution in [3.63, 3.8) is 0 Å². The summed E-state index contributed by atoms with van der Waals surface area (Å²) in [7, 11) is 3.69. The highest BCUT2D eigenvalue weighted by Crippen LogP contribution is 2.29. The molecule has 6 heteroatoms. The van der Waals surface area contributed by atoms with Gasteiger partial charge >= 0.3 is 6.18 Å². The molecule has 0 aliphatic rings. The Balaban J connectivity index is 2.17. The number of nitrogens with zero attached hydrogens (tertiary/aromatic N) is 2. The van der Waals surface area contributed by atoms with Crippen LogP contribution in [0.5, 0.6) is 0 Å². The van der Waals surface area contributed by atoms with Gasteiger partial charge < -0.3 is 5.32 Å². The Morgan fingerprint density at radius 3 is 2.29 bits per heavy atom. The fraction of sp³-hybridized carbons (Fsp3) is 0.400. The van der Waals surface area contributed by atoms with Crippen molar-refractivity contribution in [1.29, 1.82) is 0 Å². The lowest BCUT2D eigenvalue weighted by Gasteiger charge is -2.17. The Hall–Kier alpha value is -1.82. The first kappa shape index (κ1) is 15.6. The third-order valence-corrected chi connectivity index (χ3v) is 3.46. The SMILES string of the molecule is CNC(Cc1ccc(C(F)(F)F)cc1)c1cc(C)nn1C. The maximum Gasteiger partial charge on any atom is 0.416 e. The van der Waals surface area contributed by atoms with Gasteiger partial charge in [-0.1, -0.05) is 12.1 Å². The second-order valence-corrected chi connectivity index (χ2v) is 5.07. The average molecular weight is 297 g/mol. The second-order valence-electron chi connectivity index (χ2n) is 5.07. The number of hydrogen-bond donors (Lipinski definition) is 1. The van der Waals surface area contributed by atoms with E-state index >= 15 is 0 Å². The summed E-state index contributed by atoms with van der Waals surface area (Å²) >= 11 is 0. The molecule has 2 aromatic rings. The largest absolute Gasteiger partial charge is 0.416 e. The lowest BCUT2D eigenvalue weighted by molar-refractivity contribution is -0.137. The molecule has 0 saturated carbocycles. The average Bonchev–Trinajstić information content (AvgIpc) is 2.74. The first-order valence-corrected chi connectivity index (χ1v) is 6.65. The Morgan fingerprint density at radius 2 is 1.86 bits per heavy atom. The van der Waals surface area contributed by atoms with Gasteiger partial charge in [-0.25, -0.2) is 0 Å². The quantitative estimate of drug-likeness (QED) is 0.939. The van der Waals surface area contributed by atoms with Gasteiger partial charge in [0.15, 0.2) is 0 Å². The molecule has 3 nitrogen and oxygen atoms in total. The van der Waals surface area contributed by atoms with Gasteiger partial charge in [0.05, 0.1) is 23.0 Å². The van der Waals surface area contributed by atoms with Crippen LogP contribution in [0.3, 0.4) is 0 Å². The molecule has 1 unspecified atom stereocenters. The van der Waals surface area contributed by atoms with E-state index in [0.29, 0.717) is 6.42 Å². The zero-order valence-corrected chi connectivity index (χ0v) is 12.2. The summed E-state index contributed by atoms with van der Waals surface area (Å²) in [6.45, 7) is 1.91. The van der Waals surface area contributed by atoms with Crippen molar-refractivity contribution < 1.29 is 13.2 Å². The van der Waals surface area contributed by atoms with E-state index < -0.39 is 11.7 Å². The van der Waals surface area contributed by atoms with Gasteiger partial charge in [0.1, 0.15) is 0 Å². The van der Waals surface area contributed by atoms with Crippen LogP contribution in [-0.2, 0) is 19.6 Å². The molecule has 1 aromatic heterocycles. The van der Waals surface area contributed by atoms with E-state index in [-0.39, 0.29) is 6.04 Å². The number of nitrogens with one attached hydrogen (secondary N) is 1. The molecule has 0 radical (unpaired) electrons. The molecule has 1 aromatic carbocycles. The van der Waals surface area contributed by atoms with Gasteiger partial charge in [-0.2, -0.15) is 18.3 Å². The van der Waals surface area contributed by atoms with Crippen LogP contribution in [0.1, 0.15) is 28.6 Å². The summed E-state index contributed by atoms with van der Waals surface area (Å²) in [5.41, 5.74) is 2.15. The third-order valence-electron chi connectivity index (χ3n) is 3.46. The smallest absolute Gasteiger partial charge is 0.311 e. The number of rotatable bonds is 4. The number of hydrogen-bond acceptors (Lipinski definition) is 2. The molecule has 114 valence electrons. The van der Waals surface area contributed by atoms with E-state index in [2.05, 4.69) is 10.4 Å². The van der Waals surface area contributed by atoms with Crippen molar-refractivity contribution in [2.75, 3.05) is 7.05 Å². The Kier molecular flexibility index (Phi) is 4.37. The Bertz CT molecular complexity index is 600. The lowest BCUT2D eigenvalue weighted by Crippen LogP contribution is -2.21. The van der Waals surface area contributed by atoms with Crippen LogP contribution in [0.15, 0.2) is 30.3 Å². The Morgan fingerprint density at radius 1 is 1.24 bits per heavy atom. The van der Waals surface area contributed by atoms with Crippen molar-refractivity contribution in [3.05, 3.63) is 52.8 Å². The van der Waals surface area contributed by atoms with Crippen molar-refractivity contribution in [1.82, 2.24) is 15.1 Å². The van der Waals surface area contributed by atoms with Crippen molar-refractivity contribution >= 4 is 0 Å². The molecular formula is C15H18F3N3. The minimum absolute atomic E-state index is 0.00735. The highest BCUT2D eigenvalue weighted by Gasteiger charge is 2.30. The van der Waals surface area contributed by atoms with E-state index in [1.54, 1.807) is 4.68 Å². The molecule has 1 N–H and O–H groups in total. The van der Waals surface area contributed by atoms with Crippen LogP contribution in [0, 0.1) is 6.92 Å². The molecule has 21 heavy (non-hydrogen) atoms. The first-order chi connectivity index (χ1) is 9.81. The fourth-order valence-corrected chi connectivity index (χ4v) is 2.38. The molecule has 0 aliphatic heterocycles. The third kappa shape index (κ3) is 3.64. The Labute approximate surface area is 121 Å². The second kappa shape index (κ2) is 5.89. The molecular weight excluding hydrogens is 279 g/mol. The number of aryl methyl sites for hydroxylation is 2. The van der Waals surface area contributed by atoms with E-state index in [1.165, 1.54) is 12.1 Å². The molecule has 0 amide bonds. The number of aromatic nitrogens is 2. The number of alkyl halides is 3. The highest BCUT2D eigenvalue weighted by atomic mass is 19.4. The molecule has 0 saturated heterocycles. The summed E-state index contributed by atoms with van der Waals surface area (Å²) < 4.78 is 39.4. The molecule has 1 heterocycles. The minimum Gasteiger partial charge on any atom is -0.311 e. The molecule has 0 spiro atoms. The summed E-state index contributed by atoms with van der Waals surface area (Å²) in [6.07, 6.45) is -3.69. The van der Waals surface area contributed by atoms with Gasteiger partial charge in [-0.3, -0.25) is 4.68 Å². The van der Waals surface area contributed by atoms with E-state index in [9.17, 15) is 13.2 Å². The molecule has 0 fully saturated rings. The van der Waals surface area contributed by atoms with Crippen LogP contribution in [-0.4, -0.2) is 16.8 Å². The summed E-state index contributed by atoms with van der Waals surface area (Å²) in [4.78, 5) is 0. The lowest BCUT2D eigenvalue weighted by atomic mass is 10.0. The van der Waals surface area contributed by atoms with Gasteiger partial charge in [0.25, 0.3) is 0 Å². The molecule has 0 aliphatic carbocycles. The predicted octanol–water partition coefficient (Wildman–Crippen LogP) is 3.25. The predicted molar refractivity (Wildman–Crippen MR) is 74.9 cm³/mol. The zero-order valence-electron chi connectivity index (χ0n) is 12.2. The van der Waals surface area contributed by atoms with Crippen molar-refractivity contribution in [3.8, 4) is 0 Å². The van der Waals surface area contributed by atoms with Gasteiger partial charge in [0.2, 0.25) is 0 Å². The molecule has 1 atom stereocenters. The normalized spacial score (nSPS) is 13.4. The van der Waals surface area contributed by atoms with Crippen molar-refractivity contribution in [2.24, 2.45) is 7.05 Å². The maximum absolute atomic E-state index is 12.5. The van der Waals surface area contributed by atoms with E-state index in [1.807, 2.05) is 27.1 Å². The zero-order chi connectivity index (χ0) is 15.6. The standard InChI is InChI=1S/C15H18F3N3/c1-10-8-14(21(3)20-10)13(19-2)9-11-4-6-12(7-5-11)15(16,17)18/h4-8,13,19H,9H2,1-3H3. The summed E-state index contributed by atoms with van der Waals surface area (Å²) in [5.74, 6) is 0. The molecule has 2 rings (SSSR count). The van der Waals surface area contributed by atoms with E-state index in [0.717, 1.165) is 29.1 Å². The van der Waals surface area contributed by atoms with Crippen LogP contribution in [0.25, 0.3) is 0 Å². The number of halogens is 3. The van der Waals surface area contributed by atoms with Gasteiger partial charge in [-0.05, 0) is 44.2 Å². The van der Waals surface area contributed by atoms with Crippen LogP contribution in [0.4, 0.5) is 13.2 Å². The number of likely N-dealkylation sites (N-methyl/N-ethyl adjacent to an activating group) is 1. The molecule has 0 bridgehead atoms. The maximum atomic E-state index is 12.5. The summed E-state index contributed by atoms with van der Waals surface area (Å²) in [5, 5.41) is 7.48. The van der Waals surface area contributed by atoms with Crippen LogP contribution < -0.4 is 5.32 Å². The first-order valence-electron chi connectivity index (χ1n) is 6.65. The van der Waals surface area contributed by atoms with E-state index in [4.69, 9.17) is 0 Å². The summed E-state index contributed by atoms with van der Waals surface area (Å²) in [6, 6.07) is 7.28. The highest BCUT2D eigenvalue weighted by molar-refractivity contribution is 5.26. The number of benzene rings is 1. The van der Waals surface area contributed by atoms with Gasteiger partial charge in [-0.15, -0.1) is 0 Å². The minimum atomic E-state index is -4.29. The van der Waals surface area contributed by atoms with Crippen LogP contribution >= 0.6 is 0 Å².